The summed E-state index contributed by atoms with van der Waals surface area (Å²) in [4.78, 5) is 2.43. The maximum absolute atomic E-state index is 10.7. The van der Waals surface area contributed by atoms with E-state index in [-0.39, 0.29) is 12.1 Å². The van der Waals surface area contributed by atoms with Crippen LogP contribution in [0.15, 0.2) is 30.3 Å². The number of likely N-dealkylation sites (N-methyl/N-ethyl adjacent to an activating group) is 1. The molecule has 1 N–H and O–H groups in total. The average Bonchev–Trinajstić information content (AvgIpc) is 2.49. The lowest BCUT2D eigenvalue weighted by atomic mass is 9.85. The fourth-order valence-corrected chi connectivity index (χ4v) is 3.53. The SMILES string of the molecule is CCC(C(O)c1ccccc1)N(C)C1CCC(C)CC1. The van der Waals surface area contributed by atoms with Crippen LogP contribution in [-0.4, -0.2) is 29.1 Å². The van der Waals surface area contributed by atoms with E-state index in [0.717, 1.165) is 17.9 Å². The van der Waals surface area contributed by atoms with Gasteiger partial charge in [0.15, 0.2) is 0 Å². The van der Waals surface area contributed by atoms with Gasteiger partial charge in [0.25, 0.3) is 0 Å². The second kappa shape index (κ2) is 7.24. The van der Waals surface area contributed by atoms with Crippen molar-refractivity contribution in [1.29, 1.82) is 0 Å². The van der Waals surface area contributed by atoms with Gasteiger partial charge >= 0.3 is 0 Å². The standard InChI is InChI=1S/C18H29NO/c1-4-17(18(20)15-8-6-5-7-9-15)19(3)16-12-10-14(2)11-13-16/h5-9,14,16-18,20H,4,10-13H2,1-3H3. The number of rotatable bonds is 5. The summed E-state index contributed by atoms with van der Waals surface area (Å²) in [6.45, 7) is 4.53. The number of benzene rings is 1. The predicted octanol–water partition coefficient (Wildman–Crippen LogP) is 4.01. The van der Waals surface area contributed by atoms with Gasteiger partial charge in [0.2, 0.25) is 0 Å². The summed E-state index contributed by atoms with van der Waals surface area (Å²) in [7, 11) is 2.20. The molecule has 0 spiro atoms. The molecule has 112 valence electrons. The van der Waals surface area contributed by atoms with E-state index in [2.05, 4.69) is 25.8 Å². The molecule has 0 aliphatic heterocycles. The van der Waals surface area contributed by atoms with Crippen LogP contribution in [0.4, 0.5) is 0 Å². The van der Waals surface area contributed by atoms with Crippen molar-refractivity contribution in [3.05, 3.63) is 35.9 Å². The van der Waals surface area contributed by atoms with E-state index in [1.807, 2.05) is 30.3 Å². The van der Waals surface area contributed by atoms with E-state index in [4.69, 9.17) is 0 Å². The molecule has 0 amide bonds. The molecule has 2 heteroatoms. The highest BCUT2D eigenvalue weighted by Crippen LogP contribution is 2.31. The van der Waals surface area contributed by atoms with Crippen LogP contribution in [0.5, 0.6) is 0 Å². The molecule has 1 aliphatic rings. The van der Waals surface area contributed by atoms with Crippen LogP contribution in [0.3, 0.4) is 0 Å². The molecule has 1 aromatic rings. The van der Waals surface area contributed by atoms with Gasteiger partial charge in [0, 0.05) is 12.1 Å². The molecule has 1 saturated carbocycles. The molecular formula is C18H29NO. The van der Waals surface area contributed by atoms with Crippen molar-refractivity contribution in [3.8, 4) is 0 Å². The fourth-order valence-electron chi connectivity index (χ4n) is 3.53. The lowest BCUT2D eigenvalue weighted by Gasteiger charge is -2.40. The highest BCUT2D eigenvalue weighted by Gasteiger charge is 2.30. The first-order chi connectivity index (χ1) is 9.63. The van der Waals surface area contributed by atoms with Crippen LogP contribution in [0.1, 0.15) is 57.6 Å². The molecule has 0 heterocycles. The van der Waals surface area contributed by atoms with Crippen molar-refractivity contribution < 1.29 is 5.11 Å². The molecule has 1 aliphatic carbocycles. The summed E-state index contributed by atoms with van der Waals surface area (Å²) < 4.78 is 0. The van der Waals surface area contributed by atoms with E-state index in [9.17, 15) is 5.11 Å². The molecular weight excluding hydrogens is 246 g/mol. The lowest BCUT2D eigenvalue weighted by Crippen LogP contribution is -2.44. The first-order valence-corrected chi connectivity index (χ1v) is 8.08. The number of aliphatic hydroxyl groups is 1. The van der Waals surface area contributed by atoms with Crippen molar-refractivity contribution in [2.24, 2.45) is 5.92 Å². The topological polar surface area (TPSA) is 23.5 Å². The number of hydrogen-bond donors (Lipinski definition) is 1. The Morgan fingerprint density at radius 3 is 2.30 bits per heavy atom. The van der Waals surface area contributed by atoms with E-state index < -0.39 is 0 Å². The van der Waals surface area contributed by atoms with E-state index >= 15 is 0 Å². The smallest absolute Gasteiger partial charge is 0.0945 e. The van der Waals surface area contributed by atoms with E-state index in [1.165, 1.54) is 25.7 Å². The summed E-state index contributed by atoms with van der Waals surface area (Å²) in [5.74, 6) is 0.874. The predicted molar refractivity (Wildman–Crippen MR) is 84.7 cm³/mol. The van der Waals surface area contributed by atoms with Gasteiger partial charge in [-0.3, -0.25) is 4.90 Å². The first kappa shape index (κ1) is 15.5. The Labute approximate surface area is 123 Å². The van der Waals surface area contributed by atoms with Crippen molar-refractivity contribution >= 4 is 0 Å². The maximum Gasteiger partial charge on any atom is 0.0945 e. The third-order valence-electron chi connectivity index (χ3n) is 5.01. The zero-order valence-corrected chi connectivity index (χ0v) is 13.1. The summed E-state index contributed by atoms with van der Waals surface area (Å²) in [6, 6.07) is 10.9. The Balaban J connectivity index is 2.03. The average molecular weight is 275 g/mol. The molecule has 0 saturated heterocycles. The van der Waals surface area contributed by atoms with Crippen LogP contribution in [0.2, 0.25) is 0 Å². The minimum absolute atomic E-state index is 0.218. The van der Waals surface area contributed by atoms with Gasteiger partial charge in [-0.05, 0) is 50.6 Å². The molecule has 2 rings (SSSR count). The minimum atomic E-state index is -0.384. The summed E-state index contributed by atoms with van der Waals surface area (Å²) >= 11 is 0. The second-order valence-electron chi connectivity index (χ2n) is 6.41. The minimum Gasteiger partial charge on any atom is -0.387 e. The van der Waals surface area contributed by atoms with Crippen LogP contribution in [0.25, 0.3) is 0 Å². The first-order valence-electron chi connectivity index (χ1n) is 8.08. The third-order valence-corrected chi connectivity index (χ3v) is 5.01. The second-order valence-corrected chi connectivity index (χ2v) is 6.41. The van der Waals surface area contributed by atoms with Crippen molar-refractivity contribution in [2.75, 3.05) is 7.05 Å². The molecule has 0 bridgehead atoms. The van der Waals surface area contributed by atoms with Crippen molar-refractivity contribution in [3.63, 3.8) is 0 Å². The summed E-state index contributed by atoms with van der Waals surface area (Å²) in [5, 5.41) is 10.7. The molecule has 1 fully saturated rings. The van der Waals surface area contributed by atoms with Gasteiger partial charge in [-0.25, -0.2) is 0 Å². The van der Waals surface area contributed by atoms with Crippen LogP contribution >= 0.6 is 0 Å². The monoisotopic (exact) mass is 275 g/mol. The quantitative estimate of drug-likeness (QED) is 0.877. The van der Waals surface area contributed by atoms with Gasteiger partial charge < -0.3 is 5.11 Å². The molecule has 2 unspecified atom stereocenters. The Hall–Kier alpha value is -0.860. The Bertz CT molecular complexity index is 384. The highest BCUT2D eigenvalue weighted by molar-refractivity contribution is 5.19. The van der Waals surface area contributed by atoms with Gasteiger partial charge in [-0.1, -0.05) is 44.2 Å². The number of aliphatic hydroxyl groups excluding tert-OH is 1. The molecule has 1 aromatic carbocycles. The Kier molecular flexibility index (Phi) is 5.62. The van der Waals surface area contributed by atoms with Crippen LogP contribution in [0, 0.1) is 5.92 Å². The van der Waals surface area contributed by atoms with Gasteiger partial charge in [-0.15, -0.1) is 0 Å². The van der Waals surface area contributed by atoms with Crippen molar-refractivity contribution in [2.45, 2.75) is 64.1 Å². The summed E-state index contributed by atoms with van der Waals surface area (Å²) in [6.07, 6.45) is 5.80. The Morgan fingerprint density at radius 2 is 1.75 bits per heavy atom. The van der Waals surface area contributed by atoms with Gasteiger partial charge in [0.05, 0.1) is 6.10 Å². The van der Waals surface area contributed by atoms with E-state index in [1.54, 1.807) is 0 Å². The summed E-state index contributed by atoms with van der Waals surface area (Å²) in [5.41, 5.74) is 1.04. The van der Waals surface area contributed by atoms with Gasteiger partial charge in [0.1, 0.15) is 0 Å². The highest BCUT2D eigenvalue weighted by atomic mass is 16.3. The van der Waals surface area contributed by atoms with E-state index in [0.29, 0.717) is 6.04 Å². The Morgan fingerprint density at radius 1 is 1.15 bits per heavy atom. The molecule has 2 atom stereocenters. The third kappa shape index (κ3) is 3.62. The van der Waals surface area contributed by atoms with Gasteiger partial charge in [-0.2, -0.15) is 0 Å². The molecule has 0 radical (unpaired) electrons. The zero-order chi connectivity index (χ0) is 14.5. The molecule has 2 nitrogen and oxygen atoms in total. The largest absolute Gasteiger partial charge is 0.387 e. The number of hydrogen-bond acceptors (Lipinski definition) is 2. The van der Waals surface area contributed by atoms with Crippen LogP contribution < -0.4 is 0 Å². The van der Waals surface area contributed by atoms with Crippen molar-refractivity contribution in [1.82, 2.24) is 4.90 Å². The lowest BCUT2D eigenvalue weighted by molar-refractivity contribution is 0.0237. The normalized spacial score (nSPS) is 26.4. The van der Waals surface area contributed by atoms with Crippen LogP contribution in [-0.2, 0) is 0 Å². The number of nitrogens with zero attached hydrogens (tertiary/aromatic N) is 1. The zero-order valence-electron chi connectivity index (χ0n) is 13.1. The fraction of sp³-hybridized carbons (Fsp3) is 0.667. The molecule has 0 aromatic heterocycles. The molecule has 20 heavy (non-hydrogen) atoms. The maximum atomic E-state index is 10.7.